The number of halogens is 1. The number of hydrogen-bond acceptors (Lipinski definition) is 7. The van der Waals surface area contributed by atoms with Crippen molar-refractivity contribution in [2.45, 2.75) is 31.7 Å². The zero-order valence-electron chi connectivity index (χ0n) is 19.0. The Bertz CT molecular complexity index is 1350. The Morgan fingerprint density at radius 1 is 1.06 bits per heavy atom. The number of urea groups is 1. The van der Waals surface area contributed by atoms with Crippen LogP contribution < -0.4 is 19.5 Å². The molecule has 3 atom stereocenters. The molecule has 4 aliphatic rings. The zero-order chi connectivity index (χ0) is 25.0. The summed E-state index contributed by atoms with van der Waals surface area (Å²) in [5, 5.41) is 2.30. The van der Waals surface area contributed by atoms with Crippen LogP contribution in [-0.2, 0) is 9.59 Å². The molecule has 9 nitrogen and oxygen atoms in total. The number of ether oxygens (including phenoxy) is 3. The van der Waals surface area contributed by atoms with Gasteiger partial charge in [0.05, 0.1) is 5.56 Å². The first-order valence-electron chi connectivity index (χ1n) is 11.7. The molecule has 3 fully saturated rings. The summed E-state index contributed by atoms with van der Waals surface area (Å²) in [4.78, 5) is 52.8. The first-order chi connectivity index (χ1) is 17.4. The van der Waals surface area contributed by atoms with Crippen LogP contribution in [0.2, 0.25) is 0 Å². The highest BCUT2D eigenvalue weighted by atomic mass is 79.9. The van der Waals surface area contributed by atoms with Crippen LogP contribution in [0.4, 0.5) is 4.79 Å². The fourth-order valence-corrected chi connectivity index (χ4v) is 5.94. The van der Waals surface area contributed by atoms with Gasteiger partial charge in [-0.2, -0.15) is 0 Å². The van der Waals surface area contributed by atoms with Crippen LogP contribution in [0.5, 0.6) is 17.2 Å². The fraction of sp³-hybridized carbons (Fsp3) is 0.308. The van der Waals surface area contributed by atoms with Crippen LogP contribution in [0, 0.1) is 11.8 Å². The third kappa shape index (κ3) is 3.95. The molecule has 36 heavy (non-hydrogen) atoms. The van der Waals surface area contributed by atoms with E-state index in [0.29, 0.717) is 27.5 Å². The van der Waals surface area contributed by atoms with Crippen molar-refractivity contribution in [1.82, 2.24) is 10.2 Å². The quantitative estimate of drug-likeness (QED) is 0.263. The van der Waals surface area contributed by atoms with E-state index in [1.165, 1.54) is 17.0 Å². The van der Waals surface area contributed by atoms with Crippen LogP contribution in [0.3, 0.4) is 0 Å². The Kier molecular flexibility index (Phi) is 5.55. The largest absolute Gasteiger partial charge is 0.454 e. The first kappa shape index (κ1) is 22.8. The second-order valence-corrected chi connectivity index (χ2v) is 10.3. The average Bonchev–Trinajstić information content (AvgIpc) is 3.60. The van der Waals surface area contributed by atoms with Crippen molar-refractivity contribution in [1.29, 1.82) is 0 Å². The van der Waals surface area contributed by atoms with E-state index in [9.17, 15) is 19.2 Å². The zero-order valence-corrected chi connectivity index (χ0v) is 20.6. The van der Waals surface area contributed by atoms with Gasteiger partial charge in [-0.3, -0.25) is 19.8 Å². The van der Waals surface area contributed by atoms with Gasteiger partial charge in [0.15, 0.2) is 11.5 Å². The third-order valence-electron chi connectivity index (χ3n) is 7.25. The Morgan fingerprint density at radius 3 is 2.67 bits per heavy atom. The van der Waals surface area contributed by atoms with E-state index in [1.54, 1.807) is 30.3 Å². The summed E-state index contributed by atoms with van der Waals surface area (Å²) in [6, 6.07) is 8.69. The third-order valence-corrected chi connectivity index (χ3v) is 7.74. The molecular formula is C26H21BrN2O7. The topological polar surface area (TPSA) is 111 Å². The number of nitrogens with zero attached hydrogens (tertiary/aromatic N) is 1. The number of fused-ring (bicyclic) bond motifs is 3. The second-order valence-electron chi connectivity index (χ2n) is 9.37. The molecule has 2 aliphatic heterocycles. The molecule has 0 aromatic heterocycles. The highest BCUT2D eigenvalue weighted by Crippen LogP contribution is 2.47. The lowest BCUT2D eigenvalue weighted by Crippen LogP contribution is -2.58. The van der Waals surface area contributed by atoms with Crippen LogP contribution in [-0.4, -0.2) is 41.5 Å². The highest BCUT2D eigenvalue weighted by molar-refractivity contribution is 9.10. The summed E-state index contributed by atoms with van der Waals surface area (Å²) in [6.45, 7) is 0.0795. The van der Waals surface area contributed by atoms with Crippen molar-refractivity contribution in [2.24, 2.45) is 11.8 Å². The monoisotopic (exact) mass is 552 g/mol. The van der Waals surface area contributed by atoms with Gasteiger partial charge >= 0.3 is 12.0 Å². The molecule has 1 saturated heterocycles. The van der Waals surface area contributed by atoms with Gasteiger partial charge in [-0.1, -0.05) is 22.4 Å². The van der Waals surface area contributed by atoms with Gasteiger partial charge in [-0.15, -0.1) is 0 Å². The van der Waals surface area contributed by atoms with E-state index < -0.39 is 23.8 Å². The van der Waals surface area contributed by atoms with Gasteiger partial charge in [0, 0.05) is 16.1 Å². The number of barbiturate groups is 1. The predicted octanol–water partition coefficient (Wildman–Crippen LogP) is 4.05. The van der Waals surface area contributed by atoms with Crippen molar-refractivity contribution in [3.8, 4) is 17.2 Å². The van der Waals surface area contributed by atoms with Crippen molar-refractivity contribution >= 4 is 45.8 Å². The lowest BCUT2D eigenvalue weighted by molar-refractivity contribution is -0.132. The van der Waals surface area contributed by atoms with Crippen molar-refractivity contribution in [3.63, 3.8) is 0 Å². The summed E-state index contributed by atoms with van der Waals surface area (Å²) in [5.74, 6) is -0.145. The van der Waals surface area contributed by atoms with Gasteiger partial charge in [-0.05, 0) is 73.6 Å². The fourth-order valence-electron chi connectivity index (χ4n) is 5.56. The number of nitrogens with one attached hydrogen (secondary N) is 1. The van der Waals surface area contributed by atoms with Crippen LogP contribution in [0.25, 0.3) is 6.08 Å². The summed E-state index contributed by atoms with van der Waals surface area (Å²) in [6.07, 6.45) is 5.21. The van der Waals surface area contributed by atoms with E-state index in [4.69, 9.17) is 14.2 Å². The molecule has 0 radical (unpaired) electrons. The summed E-state index contributed by atoms with van der Waals surface area (Å²) in [7, 11) is 0. The smallest absolute Gasteiger partial charge is 0.343 e. The Hall–Kier alpha value is -3.66. The maximum Gasteiger partial charge on any atom is 0.343 e. The summed E-state index contributed by atoms with van der Waals surface area (Å²) >= 11 is 3.38. The van der Waals surface area contributed by atoms with Gasteiger partial charge in [-0.25, -0.2) is 9.59 Å². The average molecular weight is 553 g/mol. The van der Waals surface area contributed by atoms with E-state index in [0.717, 1.165) is 25.7 Å². The minimum atomic E-state index is -0.780. The van der Waals surface area contributed by atoms with E-state index in [2.05, 4.69) is 21.2 Å². The summed E-state index contributed by atoms with van der Waals surface area (Å²) < 4.78 is 16.9. The first-order valence-corrected chi connectivity index (χ1v) is 12.5. The van der Waals surface area contributed by atoms with Gasteiger partial charge < -0.3 is 14.2 Å². The van der Waals surface area contributed by atoms with Crippen LogP contribution in [0.1, 0.15) is 41.6 Å². The molecule has 0 spiro atoms. The molecule has 2 heterocycles. The molecule has 184 valence electrons. The number of imide groups is 2. The number of amides is 4. The minimum absolute atomic E-state index is 0.0795. The number of benzene rings is 2. The van der Waals surface area contributed by atoms with Gasteiger partial charge in [0.25, 0.3) is 11.8 Å². The molecule has 10 heteroatoms. The lowest BCUT2D eigenvalue weighted by atomic mass is 9.93. The maximum atomic E-state index is 13.4. The Labute approximate surface area is 214 Å². The lowest BCUT2D eigenvalue weighted by Gasteiger charge is -2.35. The standard InChI is InChI=1S/C26H21BrN2O7/c27-17-4-6-20(36-25(32)15-3-5-21-22(11-15)35-12-34-21)16(9-17)10-18-23(30)28-26(33)29(24(18)31)19-8-13-1-2-14(19)7-13/h3-6,9-11,13-14,19H,1-2,7-8,12H2,(H,28,30,33)/b18-10-/t13-,14-,19+/m0/s1. The van der Waals surface area contributed by atoms with Crippen LogP contribution in [0.15, 0.2) is 46.4 Å². The molecule has 2 saturated carbocycles. The van der Waals surface area contributed by atoms with Gasteiger partial charge in [0.2, 0.25) is 6.79 Å². The van der Waals surface area contributed by atoms with Crippen molar-refractivity contribution in [3.05, 3.63) is 57.6 Å². The van der Waals surface area contributed by atoms with E-state index in [1.807, 2.05) is 0 Å². The molecule has 6 rings (SSSR count). The molecule has 4 amide bonds. The molecule has 2 bridgehead atoms. The number of esters is 1. The minimum Gasteiger partial charge on any atom is -0.454 e. The molecule has 2 aromatic carbocycles. The molecule has 1 N–H and O–H groups in total. The van der Waals surface area contributed by atoms with Crippen LogP contribution >= 0.6 is 15.9 Å². The molecule has 2 aromatic rings. The van der Waals surface area contributed by atoms with E-state index >= 15 is 0 Å². The number of hydrogen-bond donors (Lipinski definition) is 1. The highest BCUT2D eigenvalue weighted by Gasteiger charge is 2.49. The SMILES string of the molecule is O=C1NC(=O)N([C@@H]2C[C@H]3CC[C@H]2C3)C(=O)/C1=C\c1cc(Br)ccc1OC(=O)c1ccc2c(c1)OCO2. The molecule has 2 aliphatic carbocycles. The van der Waals surface area contributed by atoms with Crippen molar-refractivity contribution < 1.29 is 33.4 Å². The number of carbonyl (C=O) groups is 4. The van der Waals surface area contributed by atoms with Crippen molar-refractivity contribution in [2.75, 3.05) is 6.79 Å². The van der Waals surface area contributed by atoms with Gasteiger partial charge in [0.1, 0.15) is 11.3 Å². The molecular weight excluding hydrogens is 532 g/mol. The number of rotatable bonds is 4. The Morgan fingerprint density at radius 2 is 1.89 bits per heavy atom. The molecule has 0 unspecified atom stereocenters. The summed E-state index contributed by atoms with van der Waals surface area (Å²) in [5.41, 5.74) is 0.398. The maximum absolute atomic E-state index is 13.4. The predicted molar refractivity (Wildman–Crippen MR) is 129 cm³/mol. The number of carbonyl (C=O) groups excluding carboxylic acids is 4. The Balaban J connectivity index is 1.30. The normalized spacial score (nSPS) is 25.5. The second kappa shape index (κ2) is 8.77. The van der Waals surface area contributed by atoms with E-state index in [-0.39, 0.29) is 35.6 Å².